The molecule has 34 heavy (non-hydrogen) atoms. The van der Waals surface area contributed by atoms with E-state index in [9.17, 15) is 13.2 Å². The van der Waals surface area contributed by atoms with E-state index in [1.165, 1.54) is 12.1 Å². The smallest absolute Gasteiger partial charge is 0.261 e. The van der Waals surface area contributed by atoms with Crippen molar-refractivity contribution in [3.8, 4) is 5.75 Å². The number of sulfonamides is 1. The maximum atomic E-state index is 13.1. The first-order valence-corrected chi connectivity index (χ1v) is 12.4. The molecule has 0 fully saturated rings. The van der Waals surface area contributed by atoms with Crippen LogP contribution in [0.15, 0.2) is 71.6 Å². The molecule has 1 unspecified atom stereocenters. The summed E-state index contributed by atoms with van der Waals surface area (Å²) in [6.07, 6.45) is 0. The highest BCUT2D eigenvalue weighted by atomic mass is 32.2. The Kier molecular flexibility index (Phi) is 7.96. The molecule has 1 amide bonds. The van der Waals surface area contributed by atoms with Gasteiger partial charge in [0.25, 0.3) is 15.9 Å². The summed E-state index contributed by atoms with van der Waals surface area (Å²) in [6, 6.07) is 19.2. The Bertz CT molecular complexity index is 1260. The monoisotopic (exact) mass is 481 g/mol. The molecule has 1 atom stereocenters. The lowest BCUT2D eigenvalue weighted by molar-refractivity contribution is 0.0941. The average molecular weight is 482 g/mol. The number of hydrogen-bond acceptors (Lipinski definition) is 5. The van der Waals surface area contributed by atoms with Crippen molar-refractivity contribution in [2.24, 2.45) is 0 Å². The first-order valence-electron chi connectivity index (χ1n) is 10.9. The number of anilines is 1. The molecule has 8 heteroatoms. The van der Waals surface area contributed by atoms with E-state index in [2.05, 4.69) is 10.0 Å². The molecule has 0 radical (unpaired) electrons. The molecule has 0 aliphatic carbocycles. The first-order chi connectivity index (χ1) is 16.1. The van der Waals surface area contributed by atoms with E-state index in [0.29, 0.717) is 23.4 Å². The molecule has 0 aliphatic rings. The molecule has 7 nitrogen and oxygen atoms in total. The number of rotatable bonds is 9. The van der Waals surface area contributed by atoms with Gasteiger partial charge in [-0.2, -0.15) is 0 Å². The number of aryl methyl sites for hydroxylation is 2. The molecular weight excluding hydrogens is 450 g/mol. The van der Waals surface area contributed by atoms with Gasteiger partial charge in [0.15, 0.2) is 0 Å². The van der Waals surface area contributed by atoms with Gasteiger partial charge in [-0.3, -0.25) is 9.52 Å². The highest BCUT2D eigenvalue weighted by Crippen LogP contribution is 2.23. The van der Waals surface area contributed by atoms with Crippen molar-refractivity contribution in [1.82, 2.24) is 10.2 Å². The number of carbonyl (C=O) groups is 1. The van der Waals surface area contributed by atoms with Gasteiger partial charge in [-0.25, -0.2) is 8.42 Å². The summed E-state index contributed by atoms with van der Waals surface area (Å²) >= 11 is 0. The first kappa shape index (κ1) is 25.3. The summed E-state index contributed by atoms with van der Waals surface area (Å²) in [7, 11) is 1.64. The van der Waals surface area contributed by atoms with Crippen molar-refractivity contribution < 1.29 is 17.9 Å². The van der Waals surface area contributed by atoms with E-state index >= 15 is 0 Å². The van der Waals surface area contributed by atoms with Crippen LogP contribution in [0, 0.1) is 13.8 Å². The summed E-state index contributed by atoms with van der Waals surface area (Å²) < 4.78 is 33.7. The molecule has 3 rings (SSSR count). The fourth-order valence-corrected chi connectivity index (χ4v) is 4.66. The molecule has 3 aromatic rings. The Morgan fingerprint density at radius 1 is 1.00 bits per heavy atom. The quantitative estimate of drug-likeness (QED) is 0.480. The number of methoxy groups -OCH3 is 1. The normalized spacial score (nSPS) is 12.3. The van der Waals surface area contributed by atoms with Gasteiger partial charge in [0.2, 0.25) is 0 Å². The number of ether oxygens (including phenoxy) is 1. The minimum Gasteiger partial charge on any atom is -0.497 e. The van der Waals surface area contributed by atoms with Gasteiger partial charge in [-0.15, -0.1) is 0 Å². The molecule has 0 saturated heterocycles. The molecule has 0 saturated carbocycles. The molecule has 180 valence electrons. The molecule has 0 bridgehead atoms. The van der Waals surface area contributed by atoms with Crippen molar-refractivity contribution >= 4 is 21.6 Å². The van der Waals surface area contributed by atoms with Gasteiger partial charge in [0.05, 0.1) is 18.0 Å². The van der Waals surface area contributed by atoms with Crippen LogP contribution in [-0.2, 0) is 10.0 Å². The van der Waals surface area contributed by atoms with Crippen LogP contribution in [0.5, 0.6) is 5.75 Å². The Morgan fingerprint density at radius 3 is 2.35 bits per heavy atom. The maximum absolute atomic E-state index is 13.1. The molecule has 2 N–H and O–H groups in total. The van der Waals surface area contributed by atoms with E-state index < -0.39 is 10.0 Å². The lowest BCUT2D eigenvalue weighted by Crippen LogP contribution is -2.35. The third-order valence-corrected chi connectivity index (χ3v) is 7.00. The van der Waals surface area contributed by atoms with Crippen LogP contribution in [0.4, 0.5) is 5.69 Å². The van der Waals surface area contributed by atoms with Crippen LogP contribution in [0.25, 0.3) is 0 Å². The van der Waals surface area contributed by atoms with Gasteiger partial charge < -0.3 is 15.0 Å². The predicted molar refractivity (Wildman–Crippen MR) is 135 cm³/mol. The number of nitrogens with zero attached hydrogens (tertiary/aromatic N) is 1. The zero-order valence-corrected chi connectivity index (χ0v) is 20.9. The van der Waals surface area contributed by atoms with Crippen LogP contribution in [0.1, 0.15) is 33.1 Å². The summed E-state index contributed by atoms with van der Waals surface area (Å²) in [5.74, 6) is 0.408. The molecule has 0 spiro atoms. The highest BCUT2D eigenvalue weighted by Gasteiger charge is 2.20. The van der Waals surface area contributed by atoms with E-state index in [1.54, 1.807) is 32.2 Å². The summed E-state index contributed by atoms with van der Waals surface area (Å²) in [5.41, 5.74) is 3.50. The third kappa shape index (κ3) is 6.15. The van der Waals surface area contributed by atoms with Crippen LogP contribution >= 0.6 is 0 Å². The number of benzene rings is 3. The van der Waals surface area contributed by atoms with Crippen LogP contribution in [0.2, 0.25) is 0 Å². The molecular formula is C26H31N3O4S. The number of nitrogens with one attached hydrogen (secondary N) is 2. The van der Waals surface area contributed by atoms with Crippen LogP contribution in [0.3, 0.4) is 0 Å². The number of amides is 1. The van der Waals surface area contributed by atoms with E-state index in [1.807, 2.05) is 62.3 Å². The van der Waals surface area contributed by atoms with Gasteiger partial charge in [0, 0.05) is 17.8 Å². The van der Waals surface area contributed by atoms with Gasteiger partial charge in [-0.1, -0.05) is 35.9 Å². The zero-order valence-electron chi connectivity index (χ0n) is 20.1. The van der Waals surface area contributed by atoms with Crippen LogP contribution in [-0.4, -0.2) is 47.0 Å². The summed E-state index contributed by atoms with van der Waals surface area (Å²) in [6.45, 7) is 4.06. The Balaban J connectivity index is 1.79. The average Bonchev–Trinajstić information content (AvgIpc) is 2.80. The topological polar surface area (TPSA) is 87.7 Å². The molecule has 0 aliphatic heterocycles. The minimum absolute atomic E-state index is 0.0285. The second kappa shape index (κ2) is 10.7. The highest BCUT2D eigenvalue weighted by molar-refractivity contribution is 7.92. The standard InChI is InChI=1S/C26H31N3O4S/c1-18-9-12-21(13-10-18)28-34(31,32)23-14-11-19(2)24(16-23)26(30)27-17-25(29(3)4)20-7-6-8-22(15-20)33-5/h6-16,25,28H,17H2,1-5H3,(H,27,30). The van der Waals surface area contributed by atoms with E-state index in [4.69, 9.17) is 4.74 Å². The molecule has 0 aromatic heterocycles. The number of hydrogen-bond donors (Lipinski definition) is 2. The fourth-order valence-electron chi connectivity index (χ4n) is 3.58. The summed E-state index contributed by atoms with van der Waals surface area (Å²) in [4.78, 5) is 15.1. The lowest BCUT2D eigenvalue weighted by Gasteiger charge is -2.25. The maximum Gasteiger partial charge on any atom is 0.261 e. The van der Waals surface area contributed by atoms with Gasteiger partial charge in [-0.05, 0) is 75.5 Å². The Labute approximate surface area is 201 Å². The SMILES string of the molecule is COc1cccc(C(CNC(=O)c2cc(S(=O)(=O)Nc3ccc(C)cc3)ccc2C)N(C)C)c1. The number of likely N-dealkylation sites (N-methyl/N-ethyl adjacent to an activating group) is 1. The van der Waals surface area contributed by atoms with Crippen molar-refractivity contribution in [1.29, 1.82) is 0 Å². The molecule has 0 heterocycles. The zero-order chi connectivity index (χ0) is 24.9. The minimum atomic E-state index is -3.85. The van der Waals surface area contributed by atoms with Crippen molar-refractivity contribution in [3.63, 3.8) is 0 Å². The third-order valence-electron chi connectivity index (χ3n) is 5.63. The largest absolute Gasteiger partial charge is 0.497 e. The second-order valence-electron chi connectivity index (χ2n) is 8.41. The number of carbonyl (C=O) groups excluding carboxylic acids is 1. The van der Waals surface area contributed by atoms with E-state index in [-0.39, 0.29) is 16.8 Å². The Morgan fingerprint density at radius 2 is 1.71 bits per heavy atom. The van der Waals surface area contributed by atoms with Gasteiger partial charge >= 0.3 is 0 Å². The molecule has 3 aromatic carbocycles. The van der Waals surface area contributed by atoms with Crippen molar-refractivity contribution in [2.75, 3.05) is 32.5 Å². The van der Waals surface area contributed by atoms with Crippen molar-refractivity contribution in [2.45, 2.75) is 24.8 Å². The fraction of sp³-hybridized carbons (Fsp3) is 0.269. The summed E-state index contributed by atoms with van der Waals surface area (Å²) in [5, 5.41) is 2.96. The van der Waals surface area contributed by atoms with Crippen molar-refractivity contribution in [3.05, 3.63) is 89.0 Å². The Hall–Kier alpha value is -3.36. The second-order valence-corrected chi connectivity index (χ2v) is 10.1. The van der Waals surface area contributed by atoms with E-state index in [0.717, 1.165) is 16.9 Å². The predicted octanol–water partition coefficient (Wildman–Crippen LogP) is 4.15. The van der Waals surface area contributed by atoms with Gasteiger partial charge in [0.1, 0.15) is 5.75 Å². The lowest BCUT2D eigenvalue weighted by atomic mass is 10.0. The van der Waals surface area contributed by atoms with Crippen LogP contribution < -0.4 is 14.8 Å².